The number of hydrogen-bond acceptors (Lipinski definition) is 4. The van der Waals surface area contributed by atoms with Gasteiger partial charge < -0.3 is 10.3 Å². The summed E-state index contributed by atoms with van der Waals surface area (Å²) in [6.45, 7) is 2.02. The van der Waals surface area contributed by atoms with E-state index in [1.54, 1.807) is 0 Å². The highest BCUT2D eigenvalue weighted by molar-refractivity contribution is 4.94. The van der Waals surface area contributed by atoms with Crippen molar-refractivity contribution in [3.63, 3.8) is 0 Å². The van der Waals surface area contributed by atoms with Crippen molar-refractivity contribution in [2.45, 2.75) is 38.6 Å². The molecule has 2 N–H and O–H groups in total. The summed E-state index contributed by atoms with van der Waals surface area (Å²) < 4.78 is 5.10. The zero-order valence-corrected chi connectivity index (χ0v) is 7.86. The standard InChI is InChI=1S/C9H15N3O/c1-2-7(10)9-11-8(13-12-9)5-6-3-4-6/h6-7H,2-5,10H2,1H3. The lowest BCUT2D eigenvalue weighted by Gasteiger charge is -1.99. The lowest BCUT2D eigenvalue weighted by molar-refractivity contribution is 0.364. The second-order valence-electron chi connectivity index (χ2n) is 3.71. The Morgan fingerprint density at radius 3 is 3.00 bits per heavy atom. The summed E-state index contributed by atoms with van der Waals surface area (Å²) in [5.74, 6) is 2.19. The van der Waals surface area contributed by atoms with E-state index in [9.17, 15) is 0 Å². The molecule has 1 aliphatic carbocycles. The fourth-order valence-corrected chi connectivity index (χ4v) is 1.25. The van der Waals surface area contributed by atoms with Gasteiger partial charge in [0.25, 0.3) is 0 Å². The van der Waals surface area contributed by atoms with Crippen molar-refractivity contribution in [1.82, 2.24) is 10.1 Å². The number of nitrogens with zero attached hydrogens (tertiary/aromatic N) is 2. The first kappa shape index (κ1) is 8.69. The Balaban J connectivity index is 1.99. The minimum Gasteiger partial charge on any atom is -0.339 e. The summed E-state index contributed by atoms with van der Waals surface area (Å²) in [7, 11) is 0. The molecule has 1 aromatic rings. The van der Waals surface area contributed by atoms with Crippen molar-refractivity contribution in [2.24, 2.45) is 11.7 Å². The zero-order chi connectivity index (χ0) is 9.26. The quantitative estimate of drug-likeness (QED) is 0.763. The van der Waals surface area contributed by atoms with Crippen molar-refractivity contribution in [1.29, 1.82) is 0 Å². The first-order chi connectivity index (χ1) is 6.29. The molecule has 72 valence electrons. The average Bonchev–Trinajstić information content (AvgIpc) is 2.81. The molecule has 2 rings (SSSR count). The summed E-state index contributed by atoms with van der Waals surface area (Å²) in [4.78, 5) is 4.26. The smallest absolute Gasteiger partial charge is 0.226 e. The molecule has 13 heavy (non-hydrogen) atoms. The normalized spacial score (nSPS) is 18.9. The maximum Gasteiger partial charge on any atom is 0.226 e. The van der Waals surface area contributed by atoms with Crippen LogP contribution in [0.4, 0.5) is 0 Å². The van der Waals surface area contributed by atoms with Crippen LogP contribution in [0, 0.1) is 5.92 Å². The lowest BCUT2D eigenvalue weighted by atomic mass is 10.2. The molecule has 0 aliphatic heterocycles. The molecule has 1 heterocycles. The Morgan fingerprint density at radius 2 is 2.38 bits per heavy atom. The third kappa shape index (κ3) is 2.06. The van der Waals surface area contributed by atoms with Crippen molar-refractivity contribution in [2.75, 3.05) is 0 Å². The monoisotopic (exact) mass is 181 g/mol. The topological polar surface area (TPSA) is 64.9 Å². The van der Waals surface area contributed by atoms with Crippen LogP contribution in [0.1, 0.15) is 43.9 Å². The van der Waals surface area contributed by atoms with Crippen LogP contribution in [0.2, 0.25) is 0 Å². The van der Waals surface area contributed by atoms with Gasteiger partial charge in [0.1, 0.15) is 0 Å². The molecule has 0 bridgehead atoms. The van der Waals surface area contributed by atoms with Crippen molar-refractivity contribution < 1.29 is 4.52 Å². The van der Waals surface area contributed by atoms with Gasteiger partial charge in [-0.1, -0.05) is 12.1 Å². The molecule has 4 nitrogen and oxygen atoms in total. The molecular formula is C9H15N3O. The van der Waals surface area contributed by atoms with E-state index in [2.05, 4.69) is 10.1 Å². The molecule has 0 spiro atoms. The van der Waals surface area contributed by atoms with Gasteiger partial charge in [-0.3, -0.25) is 0 Å². The molecule has 1 unspecified atom stereocenters. The number of nitrogens with two attached hydrogens (primary N) is 1. The first-order valence-corrected chi connectivity index (χ1v) is 4.87. The number of aromatic nitrogens is 2. The van der Waals surface area contributed by atoms with Gasteiger partial charge in [0.2, 0.25) is 5.89 Å². The first-order valence-electron chi connectivity index (χ1n) is 4.87. The van der Waals surface area contributed by atoms with Gasteiger partial charge in [0.15, 0.2) is 5.82 Å². The number of rotatable bonds is 4. The fraction of sp³-hybridized carbons (Fsp3) is 0.778. The van der Waals surface area contributed by atoms with E-state index in [1.165, 1.54) is 12.8 Å². The van der Waals surface area contributed by atoms with Crippen LogP contribution in [0.3, 0.4) is 0 Å². The van der Waals surface area contributed by atoms with E-state index in [0.717, 1.165) is 24.7 Å². The maximum atomic E-state index is 5.77. The van der Waals surface area contributed by atoms with Crippen molar-refractivity contribution in [3.8, 4) is 0 Å². The maximum absolute atomic E-state index is 5.77. The van der Waals surface area contributed by atoms with Gasteiger partial charge in [-0.2, -0.15) is 4.98 Å². The van der Waals surface area contributed by atoms with Gasteiger partial charge >= 0.3 is 0 Å². The molecule has 1 aromatic heterocycles. The summed E-state index contributed by atoms with van der Waals surface area (Å²) in [5.41, 5.74) is 5.77. The van der Waals surface area contributed by atoms with Crippen LogP contribution in [0.15, 0.2) is 4.52 Å². The van der Waals surface area contributed by atoms with E-state index in [4.69, 9.17) is 10.3 Å². The molecule has 1 saturated carbocycles. The summed E-state index contributed by atoms with van der Waals surface area (Å²) in [6, 6.07) is -0.0725. The van der Waals surface area contributed by atoms with Crippen molar-refractivity contribution in [3.05, 3.63) is 11.7 Å². The van der Waals surface area contributed by atoms with Crippen LogP contribution in [0.5, 0.6) is 0 Å². The van der Waals surface area contributed by atoms with E-state index in [1.807, 2.05) is 6.92 Å². The molecule has 1 fully saturated rings. The Morgan fingerprint density at radius 1 is 1.62 bits per heavy atom. The van der Waals surface area contributed by atoms with Gasteiger partial charge in [0, 0.05) is 6.42 Å². The highest BCUT2D eigenvalue weighted by Crippen LogP contribution is 2.32. The van der Waals surface area contributed by atoms with Gasteiger partial charge in [-0.25, -0.2) is 0 Å². The Labute approximate surface area is 77.5 Å². The van der Waals surface area contributed by atoms with E-state index >= 15 is 0 Å². The predicted molar refractivity (Wildman–Crippen MR) is 47.9 cm³/mol. The second-order valence-corrected chi connectivity index (χ2v) is 3.71. The zero-order valence-electron chi connectivity index (χ0n) is 7.86. The van der Waals surface area contributed by atoms with Gasteiger partial charge in [0.05, 0.1) is 6.04 Å². The van der Waals surface area contributed by atoms with Crippen LogP contribution >= 0.6 is 0 Å². The average molecular weight is 181 g/mol. The highest BCUT2D eigenvalue weighted by atomic mass is 16.5. The minimum atomic E-state index is -0.0725. The molecule has 4 heteroatoms. The lowest BCUT2D eigenvalue weighted by Crippen LogP contribution is -2.10. The van der Waals surface area contributed by atoms with E-state index in [-0.39, 0.29) is 6.04 Å². The fourth-order valence-electron chi connectivity index (χ4n) is 1.25. The largest absolute Gasteiger partial charge is 0.339 e. The molecule has 1 aliphatic rings. The molecule has 0 amide bonds. The van der Waals surface area contributed by atoms with E-state index < -0.39 is 0 Å². The van der Waals surface area contributed by atoms with Crippen LogP contribution in [-0.4, -0.2) is 10.1 Å². The van der Waals surface area contributed by atoms with Crippen LogP contribution in [0.25, 0.3) is 0 Å². The molecule has 0 saturated heterocycles. The molecule has 1 atom stereocenters. The van der Waals surface area contributed by atoms with Gasteiger partial charge in [-0.15, -0.1) is 0 Å². The molecule has 0 aromatic carbocycles. The Bertz CT molecular complexity index is 280. The third-order valence-electron chi connectivity index (χ3n) is 2.42. The SMILES string of the molecule is CCC(N)c1noc(CC2CC2)n1. The van der Waals surface area contributed by atoms with Crippen LogP contribution in [-0.2, 0) is 6.42 Å². The van der Waals surface area contributed by atoms with Crippen LogP contribution < -0.4 is 5.73 Å². The predicted octanol–water partition coefficient (Wildman–Crippen LogP) is 1.43. The minimum absolute atomic E-state index is 0.0725. The highest BCUT2D eigenvalue weighted by Gasteiger charge is 2.24. The summed E-state index contributed by atoms with van der Waals surface area (Å²) >= 11 is 0. The summed E-state index contributed by atoms with van der Waals surface area (Å²) in [5, 5.41) is 3.86. The molecule has 0 radical (unpaired) electrons. The Hall–Kier alpha value is -0.900. The second kappa shape index (κ2) is 3.46. The summed E-state index contributed by atoms with van der Waals surface area (Å²) in [6.07, 6.45) is 4.39. The Kier molecular flexibility index (Phi) is 2.31. The van der Waals surface area contributed by atoms with E-state index in [0.29, 0.717) is 5.82 Å². The van der Waals surface area contributed by atoms with Crippen molar-refractivity contribution >= 4 is 0 Å². The van der Waals surface area contributed by atoms with Gasteiger partial charge in [-0.05, 0) is 25.2 Å². The third-order valence-corrected chi connectivity index (χ3v) is 2.42. The number of hydrogen-bond donors (Lipinski definition) is 1. The molecular weight excluding hydrogens is 166 g/mol.